The fourth-order valence-corrected chi connectivity index (χ4v) is 2.79. The van der Waals surface area contributed by atoms with Crippen molar-refractivity contribution in [1.82, 2.24) is 5.43 Å². The Bertz CT molecular complexity index is 638. The van der Waals surface area contributed by atoms with E-state index in [9.17, 15) is 4.79 Å². The number of ether oxygens (including phenoxy) is 1. The quantitative estimate of drug-likeness (QED) is 0.505. The van der Waals surface area contributed by atoms with Gasteiger partial charge in [0.2, 0.25) is 0 Å². The van der Waals surface area contributed by atoms with Crippen molar-refractivity contribution in [2.75, 3.05) is 19.0 Å². The smallest absolute Gasteiger partial charge is 0.275 e. The number of nitrogen functional groups attached to an aromatic ring is 1. The number of hydrogen-bond acceptors (Lipinski definition) is 5. The van der Waals surface area contributed by atoms with Crippen LogP contribution in [0.4, 0.5) is 5.69 Å². The van der Waals surface area contributed by atoms with Gasteiger partial charge in [0, 0.05) is 36.3 Å². The van der Waals surface area contributed by atoms with Crippen LogP contribution in [-0.2, 0) is 6.61 Å². The Kier molecular flexibility index (Phi) is 4.82. The molecule has 1 heterocycles. The average molecular weight is 305 g/mol. The van der Waals surface area contributed by atoms with Gasteiger partial charge >= 0.3 is 0 Å². The molecule has 1 amide bonds. The summed E-state index contributed by atoms with van der Waals surface area (Å²) in [5, 5.41) is 0. The van der Waals surface area contributed by atoms with Crippen molar-refractivity contribution in [2.45, 2.75) is 13.5 Å². The first kappa shape index (κ1) is 15.3. The molecule has 3 N–H and O–H groups in total. The van der Waals surface area contributed by atoms with Gasteiger partial charge in [-0.2, -0.15) is 0 Å². The Morgan fingerprint density at radius 1 is 1.38 bits per heavy atom. The number of nitrogens with one attached hydrogen (secondary N) is 1. The monoisotopic (exact) mass is 305 g/mol. The number of aryl methyl sites for hydroxylation is 1. The third-order valence-electron chi connectivity index (χ3n) is 3.10. The molecule has 2 rings (SSSR count). The molecule has 5 nitrogen and oxygen atoms in total. The number of hydrogen-bond donors (Lipinski definition) is 2. The first-order valence-corrected chi connectivity index (χ1v) is 7.33. The van der Waals surface area contributed by atoms with Crippen LogP contribution in [0.5, 0.6) is 5.75 Å². The van der Waals surface area contributed by atoms with Crippen molar-refractivity contribution in [3.8, 4) is 5.75 Å². The molecule has 0 aliphatic heterocycles. The second-order valence-corrected chi connectivity index (χ2v) is 6.10. The molecule has 0 unspecified atom stereocenters. The molecule has 1 aromatic heterocycles. The van der Waals surface area contributed by atoms with E-state index in [2.05, 4.69) is 5.43 Å². The SMILES string of the molecule is Cc1sc(C(=O)NN)cc1COc1cccc(N(C)C)c1. The first-order valence-electron chi connectivity index (χ1n) is 6.51. The third-order valence-corrected chi connectivity index (χ3v) is 4.20. The minimum Gasteiger partial charge on any atom is -0.489 e. The number of carbonyl (C=O) groups excluding carboxylic acids is 1. The number of benzene rings is 1. The molecule has 0 radical (unpaired) electrons. The van der Waals surface area contributed by atoms with Gasteiger partial charge in [-0.3, -0.25) is 10.2 Å². The van der Waals surface area contributed by atoms with E-state index in [1.54, 1.807) is 0 Å². The molecule has 21 heavy (non-hydrogen) atoms. The minimum absolute atomic E-state index is 0.274. The summed E-state index contributed by atoms with van der Waals surface area (Å²) >= 11 is 1.41. The summed E-state index contributed by atoms with van der Waals surface area (Å²) in [6.45, 7) is 2.39. The van der Waals surface area contributed by atoms with Crippen LogP contribution in [-0.4, -0.2) is 20.0 Å². The van der Waals surface area contributed by atoms with E-state index in [0.29, 0.717) is 11.5 Å². The molecular weight excluding hydrogens is 286 g/mol. The first-order chi connectivity index (χ1) is 10.0. The van der Waals surface area contributed by atoms with Crippen molar-refractivity contribution < 1.29 is 9.53 Å². The molecule has 0 spiro atoms. The standard InChI is InChI=1S/C15H19N3O2S/c1-10-11(7-14(21-10)15(19)17-16)9-20-13-6-4-5-12(8-13)18(2)3/h4-8H,9,16H2,1-3H3,(H,17,19). The minimum atomic E-state index is -0.274. The van der Waals surface area contributed by atoms with Crippen LogP contribution in [0, 0.1) is 6.92 Å². The molecule has 6 heteroatoms. The van der Waals surface area contributed by atoms with Gasteiger partial charge in [-0.25, -0.2) is 5.84 Å². The van der Waals surface area contributed by atoms with Crippen molar-refractivity contribution in [3.63, 3.8) is 0 Å². The molecule has 0 atom stereocenters. The zero-order valence-electron chi connectivity index (χ0n) is 12.3. The van der Waals surface area contributed by atoms with Crippen LogP contribution in [0.15, 0.2) is 30.3 Å². The predicted octanol–water partition coefficient (Wildman–Crippen LogP) is 2.31. The lowest BCUT2D eigenvalue weighted by atomic mass is 10.2. The van der Waals surface area contributed by atoms with Gasteiger partial charge in [0.25, 0.3) is 5.91 Å². The van der Waals surface area contributed by atoms with Crippen LogP contribution in [0.3, 0.4) is 0 Å². The number of rotatable bonds is 5. The number of hydrazine groups is 1. The van der Waals surface area contributed by atoms with Crippen molar-refractivity contribution in [3.05, 3.63) is 45.6 Å². The molecule has 0 fully saturated rings. The van der Waals surface area contributed by atoms with Crippen LogP contribution in [0.1, 0.15) is 20.1 Å². The number of carbonyl (C=O) groups is 1. The van der Waals surface area contributed by atoms with Gasteiger partial charge < -0.3 is 9.64 Å². The Morgan fingerprint density at radius 3 is 2.81 bits per heavy atom. The molecule has 2 aromatic rings. The van der Waals surface area contributed by atoms with Crippen LogP contribution in [0.2, 0.25) is 0 Å². The molecule has 0 aliphatic rings. The highest BCUT2D eigenvalue weighted by Crippen LogP contribution is 2.24. The number of thiophene rings is 1. The Balaban J connectivity index is 2.08. The van der Waals surface area contributed by atoms with E-state index in [-0.39, 0.29) is 5.91 Å². The van der Waals surface area contributed by atoms with E-state index in [0.717, 1.165) is 21.9 Å². The number of anilines is 1. The lowest BCUT2D eigenvalue weighted by Crippen LogP contribution is -2.29. The predicted molar refractivity (Wildman–Crippen MR) is 85.8 cm³/mol. The Morgan fingerprint density at radius 2 is 2.14 bits per heavy atom. The zero-order chi connectivity index (χ0) is 15.4. The molecule has 0 saturated carbocycles. The Labute approximate surface area is 128 Å². The van der Waals surface area contributed by atoms with Gasteiger partial charge in [0.15, 0.2) is 0 Å². The van der Waals surface area contributed by atoms with Crippen molar-refractivity contribution >= 4 is 22.9 Å². The Hall–Kier alpha value is -2.05. The van der Waals surface area contributed by atoms with E-state index in [1.165, 1.54) is 11.3 Å². The fourth-order valence-electron chi connectivity index (χ4n) is 1.86. The molecule has 0 aliphatic carbocycles. The van der Waals surface area contributed by atoms with E-state index < -0.39 is 0 Å². The largest absolute Gasteiger partial charge is 0.489 e. The summed E-state index contributed by atoms with van der Waals surface area (Å²) in [5.74, 6) is 5.67. The third kappa shape index (κ3) is 3.74. The number of nitrogens with zero attached hydrogens (tertiary/aromatic N) is 1. The summed E-state index contributed by atoms with van der Waals surface area (Å²) in [7, 11) is 3.97. The second-order valence-electron chi connectivity index (χ2n) is 4.85. The van der Waals surface area contributed by atoms with Crippen LogP contribution >= 0.6 is 11.3 Å². The lowest BCUT2D eigenvalue weighted by molar-refractivity contribution is 0.0957. The summed E-state index contributed by atoms with van der Waals surface area (Å²) in [6.07, 6.45) is 0. The van der Waals surface area contributed by atoms with E-state index in [4.69, 9.17) is 10.6 Å². The zero-order valence-corrected chi connectivity index (χ0v) is 13.2. The summed E-state index contributed by atoms with van der Waals surface area (Å²) in [4.78, 5) is 15.2. The maximum Gasteiger partial charge on any atom is 0.275 e. The van der Waals surface area contributed by atoms with E-state index >= 15 is 0 Å². The molecular formula is C15H19N3O2S. The number of amides is 1. The van der Waals surface area contributed by atoms with E-state index in [1.807, 2.05) is 56.3 Å². The van der Waals surface area contributed by atoms with Crippen molar-refractivity contribution in [2.24, 2.45) is 5.84 Å². The number of nitrogens with two attached hydrogens (primary N) is 1. The highest BCUT2D eigenvalue weighted by molar-refractivity contribution is 7.14. The van der Waals surface area contributed by atoms with Gasteiger partial charge in [-0.1, -0.05) is 6.07 Å². The summed E-state index contributed by atoms with van der Waals surface area (Å²) < 4.78 is 5.81. The highest BCUT2D eigenvalue weighted by Gasteiger charge is 2.11. The summed E-state index contributed by atoms with van der Waals surface area (Å²) in [6, 6.07) is 9.69. The maximum atomic E-state index is 11.5. The molecule has 1 aromatic carbocycles. The normalized spacial score (nSPS) is 10.3. The molecule has 0 saturated heterocycles. The summed E-state index contributed by atoms with van der Waals surface area (Å²) in [5.41, 5.74) is 4.22. The molecule has 0 bridgehead atoms. The highest BCUT2D eigenvalue weighted by atomic mass is 32.1. The lowest BCUT2D eigenvalue weighted by Gasteiger charge is -2.14. The molecule has 112 valence electrons. The van der Waals surface area contributed by atoms with Crippen LogP contribution < -0.4 is 20.9 Å². The van der Waals surface area contributed by atoms with Crippen LogP contribution in [0.25, 0.3) is 0 Å². The van der Waals surface area contributed by atoms with Gasteiger partial charge in [-0.05, 0) is 25.1 Å². The fraction of sp³-hybridized carbons (Fsp3) is 0.267. The topological polar surface area (TPSA) is 67.6 Å². The van der Waals surface area contributed by atoms with Gasteiger partial charge in [0.1, 0.15) is 12.4 Å². The second kappa shape index (κ2) is 6.60. The van der Waals surface area contributed by atoms with Gasteiger partial charge in [-0.15, -0.1) is 11.3 Å². The van der Waals surface area contributed by atoms with Crippen molar-refractivity contribution in [1.29, 1.82) is 0 Å². The average Bonchev–Trinajstić information content (AvgIpc) is 2.85. The maximum absolute atomic E-state index is 11.5. The van der Waals surface area contributed by atoms with Gasteiger partial charge in [0.05, 0.1) is 4.88 Å².